The number of methoxy groups -OCH3 is 2. The Labute approximate surface area is 148 Å². The number of hydrogen-bond acceptors (Lipinski definition) is 4. The van der Waals surface area contributed by atoms with Gasteiger partial charge in [0.05, 0.1) is 14.2 Å². The van der Waals surface area contributed by atoms with Gasteiger partial charge >= 0.3 is 0 Å². The number of anilines is 1. The van der Waals surface area contributed by atoms with E-state index < -0.39 is 0 Å². The zero-order chi connectivity index (χ0) is 17.8. The number of amides is 1. The molecule has 0 spiro atoms. The highest BCUT2D eigenvalue weighted by atomic mass is 16.5. The molecule has 1 saturated heterocycles. The Balaban J connectivity index is 1.63. The number of benzene rings is 2. The molecule has 0 radical (unpaired) electrons. The molecule has 5 nitrogen and oxygen atoms in total. The molecule has 1 aliphatic heterocycles. The van der Waals surface area contributed by atoms with Crippen LogP contribution < -0.4 is 14.4 Å². The normalized spacial score (nSPS) is 14.4. The maximum Gasteiger partial charge on any atom is 0.253 e. The second kappa shape index (κ2) is 7.47. The second-order valence-electron chi connectivity index (χ2n) is 6.16. The molecule has 2 aromatic rings. The Morgan fingerprint density at radius 3 is 2.16 bits per heavy atom. The number of hydrogen-bond donors (Lipinski definition) is 0. The zero-order valence-electron chi connectivity index (χ0n) is 15.0. The summed E-state index contributed by atoms with van der Waals surface area (Å²) in [4.78, 5) is 16.9. The van der Waals surface area contributed by atoms with Crippen molar-refractivity contribution in [1.29, 1.82) is 0 Å². The average Bonchev–Trinajstić information content (AvgIpc) is 2.67. The summed E-state index contributed by atoms with van der Waals surface area (Å²) in [5.41, 5.74) is 2.86. The van der Waals surface area contributed by atoms with Crippen LogP contribution in [0.2, 0.25) is 0 Å². The molecule has 3 rings (SSSR count). The average molecular weight is 340 g/mol. The monoisotopic (exact) mass is 340 g/mol. The molecule has 2 aromatic carbocycles. The first-order chi connectivity index (χ1) is 12.1. The van der Waals surface area contributed by atoms with Crippen LogP contribution in [0.4, 0.5) is 5.69 Å². The minimum atomic E-state index is 0.0835. The molecule has 0 saturated carbocycles. The van der Waals surface area contributed by atoms with E-state index in [1.165, 1.54) is 0 Å². The SMILES string of the molecule is COc1ccc(N2CCN(C(=O)c3ccc(OC)c(C)c3)CC2)cc1. The van der Waals surface area contributed by atoms with E-state index in [2.05, 4.69) is 17.0 Å². The lowest BCUT2D eigenvalue weighted by atomic mass is 10.1. The highest BCUT2D eigenvalue weighted by molar-refractivity contribution is 5.94. The molecule has 0 N–H and O–H groups in total. The van der Waals surface area contributed by atoms with E-state index >= 15 is 0 Å². The number of piperazine rings is 1. The lowest BCUT2D eigenvalue weighted by Gasteiger charge is -2.36. The summed E-state index contributed by atoms with van der Waals surface area (Å²) in [5.74, 6) is 1.74. The Hall–Kier alpha value is -2.69. The van der Waals surface area contributed by atoms with Crippen LogP contribution in [0.3, 0.4) is 0 Å². The van der Waals surface area contributed by atoms with Gasteiger partial charge in [0, 0.05) is 37.4 Å². The third kappa shape index (κ3) is 3.71. The van der Waals surface area contributed by atoms with Crippen molar-refractivity contribution in [2.75, 3.05) is 45.3 Å². The van der Waals surface area contributed by atoms with Crippen LogP contribution in [-0.4, -0.2) is 51.2 Å². The van der Waals surface area contributed by atoms with Crippen molar-refractivity contribution in [2.24, 2.45) is 0 Å². The van der Waals surface area contributed by atoms with Crippen molar-refractivity contribution in [1.82, 2.24) is 4.90 Å². The Morgan fingerprint density at radius 1 is 0.920 bits per heavy atom. The number of aryl methyl sites for hydroxylation is 1. The second-order valence-corrected chi connectivity index (χ2v) is 6.16. The first-order valence-corrected chi connectivity index (χ1v) is 8.45. The predicted octanol–water partition coefficient (Wildman–Crippen LogP) is 2.97. The molecular formula is C20H24N2O3. The Morgan fingerprint density at radius 2 is 1.60 bits per heavy atom. The van der Waals surface area contributed by atoms with Gasteiger partial charge in [0.1, 0.15) is 11.5 Å². The third-order valence-corrected chi connectivity index (χ3v) is 4.65. The van der Waals surface area contributed by atoms with Gasteiger partial charge < -0.3 is 19.3 Å². The van der Waals surface area contributed by atoms with Gasteiger partial charge in [0.15, 0.2) is 0 Å². The fraction of sp³-hybridized carbons (Fsp3) is 0.350. The van der Waals surface area contributed by atoms with Crippen molar-refractivity contribution in [2.45, 2.75) is 6.92 Å². The van der Waals surface area contributed by atoms with Crippen LogP contribution in [-0.2, 0) is 0 Å². The van der Waals surface area contributed by atoms with Gasteiger partial charge in [0.2, 0.25) is 0 Å². The number of nitrogens with zero attached hydrogens (tertiary/aromatic N) is 2. The van der Waals surface area contributed by atoms with Crippen molar-refractivity contribution in [3.63, 3.8) is 0 Å². The van der Waals surface area contributed by atoms with Gasteiger partial charge in [-0.25, -0.2) is 0 Å². The summed E-state index contributed by atoms with van der Waals surface area (Å²) in [5, 5.41) is 0. The van der Waals surface area contributed by atoms with Crippen molar-refractivity contribution < 1.29 is 14.3 Å². The smallest absolute Gasteiger partial charge is 0.253 e. The molecule has 0 atom stereocenters. The topological polar surface area (TPSA) is 42.0 Å². The summed E-state index contributed by atoms with van der Waals surface area (Å²) in [6, 6.07) is 13.6. The molecular weight excluding hydrogens is 316 g/mol. The minimum Gasteiger partial charge on any atom is -0.497 e. The summed E-state index contributed by atoms with van der Waals surface area (Å²) < 4.78 is 10.5. The quantitative estimate of drug-likeness (QED) is 0.858. The van der Waals surface area contributed by atoms with Gasteiger partial charge in [-0.2, -0.15) is 0 Å². The molecule has 0 aromatic heterocycles. The lowest BCUT2D eigenvalue weighted by Crippen LogP contribution is -2.48. The lowest BCUT2D eigenvalue weighted by molar-refractivity contribution is 0.0746. The van der Waals surface area contributed by atoms with E-state index in [-0.39, 0.29) is 5.91 Å². The predicted molar refractivity (Wildman–Crippen MR) is 98.8 cm³/mol. The summed E-state index contributed by atoms with van der Waals surface area (Å²) in [6.07, 6.45) is 0. The van der Waals surface area contributed by atoms with E-state index in [0.717, 1.165) is 54.5 Å². The van der Waals surface area contributed by atoms with Crippen LogP contribution in [0.1, 0.15) is 15.9 Å². The molecule has 1 amide bonds. The number of carbonyl (C=O) groups excluding carboxylic acids is 1. The maximum atomic E-state index is 12.7. The third-order valence-electron chi connectivity index (χ3n) is 4.65. The molecule has 25 heavy (non-hydrogen) atoms. The van der Waals surface area contributed by atoms with Crippen molar-refractivity contribution in [3.8, 4) is 11.5 Å². The fourth-order valence-corrected chi connectivity index (χ4v) is 3.15. The van der Waals surface area contributed by atoms with E-state index in [4.69, 9.17) is 9.47 Å². The molecule has 0 unspecified atom stereocenters. The van der Waals surface area contributed by atoms with Crippen LogP contribution in [0.15, 0.2) is 42.5 Å². The van der Waals surface area contributed by atoms with Crippen LogP contribution in [0.5, 0.6) is 11.5 Å². The highest BCUT2D eigenvalue weighted by Crippen LogP contribution is 2.22. The Bertz CT molecular complexity index is 735. The molecule has 0 aliphatic carbocycles. The molecule has 5 heteroatoms. The van der Waals surface area contributed by atoms with Crippen LogP contribution in [0.25, 0.3) is 0 Å². The molecule has 132 valence electrons. The van der Waals surface area contributed by atoms with Gasteiger partial charge in [-0.05, 0) is 55.0 Å². The summed E-state index contributed by atoms with van der Waals surface area (Å²) in [7, 11) is 3.31. The minimum absolute atomic E-state index is 0.0835. The van der Waals surface area contributed by atoms with Gasteiger partial charge in [0.25, 0.3) is 5.91 Å². The number of carbonyl (C=O) groups is 1. The van der Waals surface area contributed by atoms with Crippen molar-refractivity contribution >= 4 is 11.6 Å². The van der Waals surface area contributed by atoms with E-state index in [1.54, 1.807) is 14.2 Å². The number of rotatable bonds is 4. The van der Waals surface area contributed by atoms with Crippen LogP contribution >= 0.6 is 0 Å². The van der Waals surface area contributed by atoms with E-state index in [0.29, 0.717) is 0 Å². The van der Waals surface area contributed by atoms with E-state index in [1.807, 2.05) is 42.2 Å². The highest BCUT2D eigenvalue weighted by Gasteiger charge is 2.22. The van der Waals surface area contributed by atoms with Gasteiger partial charge in [-0.1, -0.05) is 0 Å². The molecule has 0 bridgehead atoms. The van der Waals surface area contributed by atoms with Gasteiger partial charge in [-0.3, -0.25) is 4.79 Å². The Kier molecular flexibility index (Phi) is 5.12. The summed E-state index contributed by atoms with van der Waals surface area (Å²) >= 11 is 0. The molecule has 1 heterocycles. The number of ether oxygens (including phenoxy) is 2. The first-order valence-electron chi connectivity index (χ1n) is 8.45. The fourth-order valence-electron chi connectivity index (χ4n) is 3.15. The summed E-state index contributed by atoms with van der Waals surface area (Å²) in [6.45, 7) is 5.05. The molecule has 1 aliphatic rings. The standard InChI is InChI=1S/C20H24N2O3/c1-15-14-16(4-9-19(15)25-3)20(23)22-12-10-21(11-13-22)17-5-7-18(24-2)8-6-17/h4-9,14H,10-13H2,1-3H3. The zero-order valence-corrected chi connectivity index (χ0v) is 15.0. The van der Waals surface area contributed by atoms with Crippen LogP contribution in [0, 0.1) is 6.92 Å². The largest absolute Gasteiger partial charge is 0.497 e. The molecule has 1 fully saturated rings. The maximum absolute atomic E-state index is 12.7. The first kappa shape index (κ1) is 17.1. The van der Waals surface area contributed by atoms with E-state index in [9.17, 15) is 4.79 Å². The van der Waals surface area contributed by atoms with Crippen molar-refractivity contribution in [3.05, 3.63) is 53.6 Å². The van der Waals surface area contributed by atoms with Gasteiger partial charge in [-0.15, -0.1) is 0 Å².